The number of amides is 1. The second kappa shape index (κ2) is 65.4. The molecule has 0 bridgehead atoms. The van der Waals surface area contributed by atoms with Gasteiger partial charge in [-0.25, -0.2) is 0 Å². The Hall–Kier alpha value is -1.14. The van der Waals surface area contributed by atoms with Gasteiger partial charge in [-0.2, -0.15) is 0 Å². The van der Waals surface area contributed by atoms with Gasteiger partial charge in [-0.1, -0.05) is 367 Å². The average Bonchev–Trinajstić information content (AvgIpc) is 3.41. The number of rotatable bonds is 66. The zero-order valence-corrected chi connectivity index (χ0v) is 51.3. The molecule has 6 heteroatoms. The smallest absolute Gasteiger partial charge is 0.305 e. The first-order chi connectivity index (χ1) is 37.0. The molecule has 3 N–H and O–H groups in total. The molecule has 0 heterocycles. The molecule has 0 aromatic rings. The van der Waals surface area contributed by atoms with Gasteiger partial charge in [0.1, 0.15) is 0 Å². The Labute approximate surface area is 470 Å². The fourth-order valence-electron chi connectivity index (χ4n) is 11.4. The molecule has 2 unspecified atom stereocenters. The SMILES string of the molecule is CCCCCCCCCCCCCCCCCCCC(=O)OCCCCCCCCCCCCCCCCCCCCCCCCCCCCC(=O)NC(CO)C(O)CCCCCCCCCCCCCCCCC. The zero-order chi connectivity index (χ0) is 54.3. The second-order valence-corrected chi connectivity index (χ2v) is 24.2. The standard InChI is InChI=1S/C69H137NO5/c1-3-5-7-9-11-13-15-17-19-30-35-39-43-47-51-55-59-63-69(74)75-64-60-56-52-48-44-40-36-32-29-27-25-23-21-20-22-24-26-28-31-34-38-42-46-50-54-58-62-68(73)70-66(65-71)67(72)61-57-53-49-45-41-37-33-18-16-14-12-10-8-6-4-2/h66-67,71-72H,3-65H2,1-2H3,(H,70,73). The van der Waals surface area contributed by atoms with E-state index < -0.39 is 12.1 Å². The quantitative estimate of drug-likeness (QED) is 0.0417. The lowest BCUT2D eigenvalue weighted by Gasteiger charge is -2.22. The first kappa shape index (κ1) is 73.9. The highest BCUT2D eigenvalue weighted by Crippen LogP contribution is 2.19. The van der Waals surface area contributed by atoms with Crippen LogP contribution in [0.3, 0.4) is 0 Å². The molecular weight excluding hydrogens is 923 g/mol. The maximum Gasteiger partial charge on any atom is 0.305 e. The Morgan fingerprint density at radius 3 is 0.813 bits per heavy atom. The van der Waals surface area contributed by atoms with Gasteiger partial charge < -0.3 is 20.3 Å². The van der Waals surface area contributed by atoms with Crippen molar-refractivity contribution >= 4 is 11.9 Å². The lowest BCUT2D eigenvalue weighted by atomic mass is 10.0. The van der Waals surface area contributed by atoms with Crippen LogP contribution < -0.4 is 5.32 Å². The van der Waals surface area contributed by atoms with Gasteiger partial charge in [0.15, 0.2) is 0 Å². The largest absolute Gasteiger partial charge is 0.466 e. The van der Waals surface area contributed by atoms with Gasteiger partial charge in [0.25, 0.3) is 0 Å². The summed E-state index contributed by atoms with van der Waals surface area (Å²) in [4.78, 5) is 24.6. The average molecular weight is 1060 g/mol. The maximum absolute atomic E-state index is 12.5. The minimum absolute atomic E-state index is 0.0225. The van der Waals surface area contributed by atoms with Crippen molar-refractivity contribution in [2.45, 2.75) is 418 Å². The van der Waals surface area contributed by atoms with Gasteiger partial charge >= 0.3 is 5.97 Å². The van der Waals surface area contributed by atoms with Crippen LogP contribution in [0, 0.1) is 0 Å². The van der Waals surface area contributed by atoms with Gasteiger partial charge in [0.2, 0.25) is 5.91 Å². The van der Waals surface area contributed by atoms with Crippen molar-refractivity contribution in [3.05, 3.63) is 0 Å². The number of ether oxygens (including phenoxy) is 1. The predicted octanol–water partition coefficient (Wildman–Crippen LogP) is 22.2. The second-order valence-electron chi connectivity index (χ2n) is 24.2. The van der Waals surface area contributed by atoms with E-state index in [1.807, 2.05) is 0 Å². The molecular formula is C69H137NO5. The summed E-state index contributed by atoms with van der Waals surface area (Å²) in [6, 6.07) is -0.538. The predicted molar refractivity (Wildman–Crippen MR) is 329 cm³/mol. The van der Waals surface area contributed by atoms with E-state index in [1.54, 1.807) is 0 Å². The summed E-state index contributed by atoms with van der Waals surface area (Å²) in [6.07, 6.45) is 78.6. The highest BCUT2D eigenvalue weighted by molar-refractivity contribution is 5.76. The van der Waals surface area contributed by atoms with Crippen molar-refractivity contribution in [2.24, 2.45) is 0 Å². The van der Waals surface area contributed by atoms with E-state index in [0.29, 0.717) is 25.9 Å². The molecule has 6 nitrogen and oxygen atoms in total. The van der Waals surface area contributed by atoms with Gasteiger partial charge in [-0.05, 0) is 25.7 Å². The number of nitrogens with one attached hydrogen (secondary N) is 1. The lowest BCUT2D eigenvalue weighted by Crippen LogP contribution is -2.45. The van der Waals surface area contributed by atoms with Crippen molar-refractivity contribution in [2.75, 3.05) is 13.2 Å². The van der Waals surface area contributed by atoms with Crippen LogP contribution in [0.1, 0.15) is 406 Å². The first-order valence-corrected chi connectivity index (χ1v) is 34.8. The van der Waals surface area contributed by atoms with E-state index >= 15 is 0 Å². The Morgan fingerprint density at radius 2 is 0.547 bits per heavy atom. The van der Waals surface area contributed by atoms with Crippen LogP contribution in [0.15, 0.2) is 0 Å². The summed E-state index contributed by atoms with van der Waals surface area (Å²) in [5.74, 6) is -0.00648. The molecule has 0 spiro atoms. The van der Waals surface area contributed by atoms with Gasteiger partial charge in [0, 0.05) is 12.8 Å². The first-order valence-electron chi connectivity index (χ1n) is 34.8. The fraction of sp³-hybridized carbons (Fsp3) is 0.971. The summed E-state index contributed by atoms with van der Waals surface area (Å²) in [5, 5.41) is 23.3. The summed E-state index contributed by atoms with van der Waals surface area (Å²) < 4.78 is 5.51. The molecule has 0 aliphatic carbocycles. The van der Waals surface area contributed by atoms with E-state index in [4.69, 9.17) is 4.74 Å². The molecule has 448 valence electrons. The van der Waals surface area contributed by atoms with Crippen LogP contribution in [-0.4, -0.2) is 47.4 Å². The fourth-order valence-corrected chi connectivity index (χ4v) is 11.4. The molecule has 0 radical (unpaired) electrons. The maximum atomic E-state index is 12.5. The normalized spacial score (nSPS) is 12.4. The number of carbonyl (C=O) groups is 2. The van der Waals surface area contributed by atoms with Gasteiger partial charge in [0.05, 0.1) is 25.4 Å². The van der Waals surface area contributed by atoms with E-state index in [9.17, 15) is 19.8 Å². The third-order valence-electron chi connectivity index (χ3n) is 16.7. The van der Waals surface area contributed by atoms with Crippen LogP contribution >= 0.6 is 0 Å². The Bertz CT molecular complexity index is 1080. The van der Waals surface area contributed by atoms with E-state index in [2.05, 4.69) is 19.2 Å². The molecule has 0 aromatic heterocycles. The highest BCUT2D eigenvalue weighted by atomic mass is 16.5. The zero-order valence-electron chi connectivity index (χ0n) is 51.3. The summed E-state index contributed by atoms with van der Waals surface area (Å²) in [7, 11) is 0. The number of aliphatic hydroxyl groups is 2. The van der Waals surface area contributed by atoms with Gasteiger partial charge in [-0.3, -0.25) is 9.59 Å². The van der Waals surface area contributed by atoms with Crippen LogP contribution in [0.4, 0.5) is 0 Å². The van der Waals surface area contributed by atoms with E-state index in [-0.39, 0.29) is 18.5 Å². The van der Waals surface area contributed by atoms with Crippen molar-refractivity contribution in [1.82, 2.24) is 5.32 Å². The minimum atomic E-state index is -0.661. The van der Waals surface area contributed by atoms with Crippen molar-refractivity contribution in [3.63, 3.8) is 0 Å². The van der Waals surface area contributed by atoms with Crippen LogP contribution in [0.25, 0.3) is 0 Å². The number of aliphatic hydroxyl groups excluding tert-OH is 2. The number of carbonyl (C=O) groups excluding carboxylic acids is 2. The molecule has 0 aliphatic heterocycles. The third-order valence-corrected chi connectivity index (χ3v) is 16.7. The molecule has 0 saturated heterocycles. The van der Waals surface area contributed by atoms with Crippen LogP contribution in [0.2, 0.25) is 0 Å². The number of hydrogen-bond acceptors (Lipinski definition) is 5. The molecule has 0 fully saturated rings. The van der Waals surface area contributed by atoms with Crippen molar-refractivity contribution in [3.8, 4) is 0 Å². The Balaban J connectivity index is 3.32. The Kier molecular flexibility index (Phi) is 64.4. The molecule has 0 aliphatic rings. The highest BCUT2D eigenvalue weighted by Gasteiger charge is 2.20. The van der Waals surface area contributed by atoms with Gasteiger partial charge in [-0.15, -0.1) is 0 Å². The minimum Gasteiger partial charge on any atom is -0.466 e. The number of unbranched alkanes of at least 4 members (excludes halogenated alkanes) is 55. The summed E-state index contributed by atoms with van der Waals surface area (Å²) in [6.45, 7) is 5.00. The van der Waals surface area contributed by atoms with Crippen LogP contribution in [-0.2, 0) is 14.3 Å². The molecule has 2 atom stereocenters. The van der Waals surface area contributed by atoms with Crippen molar-refractivity contribution in [1.29, 1.82) is 0 Å². The van der Waals surface area contributed by atoms with E-state index in [1.165, 1.54) is 334 Å². The molecule has 1 amide bonds. The third kappa shape index (κ3) is 61.9. The summed E-state index contributed by atoms with van der Waals surface area (Å²) >= 11 is 0. The topological polar surface area (TPSA) is 95.9 Å². The molecule has 0 rings (SSSR count). The molecule has 0 aromatic carbocycles. The molecule has 0 saturated carbocycles. The monoisotopic (exact) mass is 1060 g/mol. The Morgan fingerprint density at radius 1 is 0.320 bits per heavy atom. The lowest BCUT2D eigenvalue weighted by molar-refractivity contribution is -0.143. The van der Waals surface area contributed by atoms with Crippen LogP contribution in [0.5, 0.6) is 0 Å². The molecule has 75 heavy (non-hydrogen) atoms. The summed E-state index contributed by atoms with van der Waals surface area (Å²) in [5.41, 5.74) is 0. The number of esters is 1. The number of hydrogen-bond donors (Lipinski definition) is 3. The van der Waals surface area contributed by atoms with Crippen molar-refractivity contribution < 1.29 is 24.5 Å². The van der Waals surface area contributed by atoms with E-state index in [0.717, 1.165) is 38.5 Å².